The second kappa shape index (κ2) is 6.98. The number of hydrogen-bond donors (Lipinski definition) is 1. The first-order valence-electron chi connectivity index (χ1n) is 7.99. The van der Waals surface area contributed by atoms with Crippen LogP contribution < -0.4 is 10.1 Å². The predicted octanol–water partition coefficient (Wildman–Crippen LogP) is 4.07. The van der Waals surface area contributed by atoms with E-state index in [1.54, 1.807) is 55.0 Å². The normalized spacial score (nSPS) is 10.5. The summed E-state index contributed by atoms with van der Waals surface area (Å²) in [5.74, 6) is 0.708. The molecule has 2 heterocycles. The van der Waals surface area contributed by atoms with Crippen molar-refractivity contribution in [2.75, 3.05) is 5.32 Å². The summed E-state index contributed by atoms with van der Waals surface area (Å²) in [6, 6.07) is 18.2. The molecule has 6 nitrogen and oxygen atoms in total. The van der Waals surface area contributed by atoms with Crippen LogP contribution in [0.2, 0.25) is 0 Å². The Morgan fingerprint density at radius 2 is 1.88 bits per heavy atom. The minimum Gasteiger partial charge on any atom is -0.437 e. The van der Waals surface area contributed by atoms with E-state index in [2.05, 4.69) is 20.5 Å². The maximum Gasteiger partial charge on any atom is 0.257 e. The molecule has 0 saturated heterocycles. The summed E-state index contributed by atoms with van der Waals surface area (Å²) < 4.78 is 5.64. The zero-order chi connectivity index (χ0) is 17.8. The number of anilines is 1. The smallest absolute Gasteiger partial charge is 0.257 e. The van der Waals surface area contributed by atoms with Crippen molar-refractivity contribution in [3.8, 4) is 11.6 Å². The number of rotatable bonds is 4. The number of carbonyl (C=O) groups excluding carboxylic acids is 1. The van der Waals surface area contributed by atoms with E-state index in [4.69, 9.17) is 4.74 Å². The van der Waals surface area contributed by atoms with Crippen molar-refractivity contribution in [2.45, 2.75) is 0 Å². The monoisotopic (exact) mass is 342 g/mol. The van der Waals surface area contributed by atoms with E-state index in [9.17, 15) is 4.79 Å². The summed E-state index contributed by atoms with van der Waals surface area (Å²) in [5.41, 5.74) is 1.13. The largest absolute Gasteiger partial charge is 0.437 e. The van der Waals surface area contributed by atoms with Gasteiger partial charge >= 0.3 is 0 Å². The summed E-state index contributed by atoms with van der Waals surface area (Å²) >= 11 is 0. The molecule has 0 aliphatic carbocycles. The molecule has 126 valence electrons. The maximum absolute atomic E-state index is 12.7. The lowest BCUT2D eigenvalue weighted by Gasteiger charge is -2.09. The van der Waals surface area contributed by atoms with Crippen molar-refractivity contribution in [1.82, 2.24) is 15.2 Å². The van der Waals surface area contributed by atoms with Crippen LogP contribution in [-0.2, 0) is 0 Å². The Morgan fingerprint density at radius 3 is 2.77 bits per heavy atom. The van der Waals surface area contributed by atoms with E-state index < -0.39 is 0 Å². The van der Waals surface area contributed by atoms with Crippen LogP contribution in [0.5, 0.6) is 11.6 Å². The zero-order valence-corrected chi connectivity index (χ0v) is 13.7. The second-order valence-corrected chi connectivity index (χ2v) is 5.55. The molecule has 0 saturated carbocycles. The minimum absolute atomic E-state index is 0.231. The average Bonchev–Trinajstić information content (AvgIpc) is 2.68. The standard InChI is InChI=1S/C20H14N4O2/c25-20(18-13-21-12-14-5-1-2-8-17(14)18)23-15-6-3-7-16(11-15)26-19-9-4-10-22-24-19/h1-13H,(H,23,25). The molecular weight excluding hydrogens is 328 g/mol. The molecule has 0 fully saturated rings. The van der Waals surface area contributed by atoms with E-state index in [1.807, 2.05) is 24.3 Å². The molecule has 1 amide bonds. The van der Waals surface area contributed by atoms with Crippen molar-refractivity contribution in [3.05, 3.63) is 84.8 Å². The van der Waals surface area contributed by atoms with Gasteiger partial charge in [0.15, 0.2) is 0 Å². The van der Waals surface area contributed by atoms with Gasteiger partial charge in [0.25, 0.3) is 5.91 Å². The molecular formula is C20H14N4O2. The molecule has 26 heavy (non-hydrogen) atoms. The summed E-state index contributed by atoms with van der Waals surface area (Å²) in [5, 5.41) is 12.3. The van der Waals surface area contributed by atoms with Crippen LogP contribution in [0.3, 0.4) is 0 Å². The fourth-order valence-electron chi connectivity index (χ4n) is 2.60. The molecule has 0 aliphatic heterocycles. The fraction of sp³-hybridized carbons (Fsp3) is 0. The first kappa shape index (κ1) is 15.7. The van der Waals surface area contributed by atoms with Crippen LogP contribution in [0, 0.1) is 0 Å². The van der Waals surface area contributed by atoms with Crippen molar-refractivity contribution in [3.63, 3.8) is 0 Å². The van der Waals surface area contributed by atoms with Gasteiger partial charge in [-0.3, -0.25) is 9.78 Å². The number of ether oxygens (including phenoxy) is 1. The van der Waals surface area contributed by atoms with Gasteiger partial charge in [0.1, 0.15) is 5.75 Å². The van der Waals surface area contributed by atoms with E-state index in [0.717, 1.165) is 10.8 Å². The fourth-order valence-corrected chi connectivity index (χ4v) is 2.60. The Hall–Kier alpha value is -3.80. The van der Waals surface area contributed by atoms with Gasteiger partial charge in [-0.2, -0.15) is 5.10 Å². The van der Waals surface area contributed by atoms with E-state index in [-0.39, 0.29) is 5.91 Å². The molecule has 1 N–H and O–H groups in total. The lowest BCUT2D eigenvalue weighted by molar-refractivity contribution is 0.102. The van der Waals surface area contributed by atoms with Gasteiger partial charge in [-0.1, -0.05) is 30.3 Å². The van der Waals surface area contributed by atoms with Gasteiger partial charge in [-0.05, 0) is 23.6 Å². The Morgan fingerprint density at radius 1 is 0.962 bits per heavy atom. The average molecular weight is 342 g/mol. The van der Waals surface area contributed by atoms with Gasteiger partial charge in [0.2, 0.25) is 5.88 Å². The molecule has 2 aromatic carbocycles. The van der Waals surface area contributed by atoms with E-state index >= 15 is 0 Å². The number of amides is 1. The maximum atomic E-state index is 12.7. The summed E-state index contributed by atoms with van der Waals surface area (Å²) in [6.07, 6.45) is 4.88. The zero-order valence-electron chi connectivity index (χ0n) is 13.7. The van der Waals surface area contributed by atoms with E-state index in [1.165, 1.54) is 0 Å². The number of nitrogens with zero attached hydrogens (tertiary/aromatic N) is 3. The van der Waals surface area contributed by atoms with Crippen molar-refractivity contribution in [2.24, 2.45) is 0 Å². The summed E-state index contributed by atoms with van der Waals surface area (Å²) in [4.78, 5) is 16.8. The van der Waals surface area contributed by atoms with Gasteiger partial charge in [0.05, 0.1) is 5.56 Å². The number of carbonyl (C=O) groups is 1. The lowest BCUT2D eigenvalue weighted by atomic mass is 10.1. The minimum atomic E-state index is -0.231. The molecule has 0 bridgehead atoms. The van der Waals surface area contributed by atoms with Crippen LogP contribution in [0.1, 0.15) is 10.4 Å². The highest BCUT2D eigenvalue weighted by molar-refractivity contribution is 6.12. The first-order valence-corrected chi connectivity index (χ1v) is 7.99. The van der Waals surface area contributed by atoms with Gasteiger partial charge in [0, 0.05) is 41.8 Å². The number of nitrogens with one attached hydrogen (secondary N) is 1. The number of fused-ring (bicyclic) bond motifs is 1. The lowest BCUT2D eigenvalue weighted by Crippen LogP contribution is -2.12. The molecule has 2 aromatic heterocycles. The molecule has 4 rings (SSSR count). The molecule has 0 radical (unpaired) electrons. The molecule has 0 spiro atoms. The predicted molar refractivity (Wildman–Crippen MR) is 98.2 cm³/mol. The van der Waals surface area contributed by atoms with Crippen LogP contribution >= 0.6 is 0 Å². The van der Waals surface area contributed by atoms with Crippen molar-refractivity contribution in [1.29, 1.82) is 0 Å². The third kappa shape index (κ3) is 3.34. The quantitative estimate of drug-likeness (QED) is 0.605. The SMILES string of the molecule is O=C(Nc1cccc(Oc2cccnn2)c1)c1cncc2ccccc12. The molecule has 4 aromatic rings. The Kier molecular flexibility index (Phi) is 4.22. The van der Waals surface area contributed by atoms with Gasteiger partial charge in [-0.15, -0.1) is 5.10 Å². The molecule has 0 atom stereocenters. The van der Waals surface area contributed by atoms with E-state index in [0.29, 0.717) is 22.9 Å². The molecule has 6 heteroatoms. The van der Waals surface area contributed by atoms with Gasteiger partial charge in [-0.25, -0.2) is 0 Å². The van der Waals surface area contributed by atoms with Crippen LogP contribution in [-0.4, -0.2) is 21.1 Å². The number of aromatic nitrogens is 3. The summed E-state index contributed by atoms with van der Waals surface area (Å²) in [6.45, 7) is 0. The topological polar surface area (TPSA) is 77.0 Å². The van der Waals surface area contributed by atoms with Crippen molar-refractivity contribution < 1.29 is 9.53 Å². The third-order valence-electron chi connectivity index (χ3n) is 3.77. The Bertz CT molecular complexity index is 1060. The number of benzene rings is 2. The highest BCUT2D eigenvalue weighted by atomic mass is 16.5. The van der Waals surface area contributed by atoms with Gasteiger partial charge < -0.3 is 10.1 Å². The number of pyridine rings is 1. The van der Waals surface area contributed by atoms with Crippen LogP contribution in [0.15, 0.2) is 79.3 Å². The third-order valence-corrected chi connectivity index (χ3v) is 3.77. The Balaban J connectivity index is 1.57. The van der Waals surface area contributed by atoms with Crippen LogP contribution in [0.4, 0.5) is 5.69 Å². The second-order valence-electron chi connectivity index (χ2n) is 5.55. The molecule has 0 unspecified atom stereocenters. The van der Waals surface area contributed by atoms with Crippen molar-refractivity contribution >= 4 is 22.4 Å². The summed E-state index contributed by atoms with van der Waals surface area (Å²) in [7, 11) is 0. The highest BCUT2D eigenvalue weighted by Gasteiger charge is 2.11. The van der Waals surface area contributed by atoms with Crippen LogP contribution in [0.25, 0.3) is 10.8 Å². The highest BCUT2D eigenvalue weighted by Crippen LogP contribution is 2.23. The first-order chi connectivity index (χ1) is 12.8. The molecule has 0 aliphatic rings. The Labute approximate surface area is 149 Å². The number of hydrogen-bond acceptors (Lipinski definition) is 5.